The van der Waals surface area contributed by atoms with E-state index in [2.05, 4.69) is 5.32 Å². The van der Waals surface area contributed by atoms with E-state index in [0.717, 1.165) is 27.6 Å². The van der Waals surface area contributed by atoms with Crippen LogP contribution in [0.1, 0.15) is 17.5 Å². The maximum absolute atomic E-state index is 13.7. The number of sulfonamides is 1. The van der Waals surface area contributed by atoms with Crippen molar-refractivity contribution >= 4 is 21.6 Å². The molecule has 2 aromatic carbocycles. The Bertz CT molecular complexity index is 1150. The average molecular weight is 447 g/mol. The molecule has 1 atom stereocenters. The van der Waals surface area contributed by atoms with Gasteiger partial charge in [0, 0.05) is 26.1 Å². The Hall–Kier alpha value is -3.18. The van der Waals surface area contributed by atoms with Crippen LogP contribution in [0.15, 0.2) is 41.3 Å². The predicted molar refractivity (Wildman–Crippen MR) is 109 cm³/mol. The molecule has 31 heavy (non-hydrogen) atoms. The first-order valence-corrected chi connectivity index (χ1v) is 11.1. The van der Waals surface area contributed by atoms with Crippen LogP contribution in [-0.2, 0) is 27.8 Å². The van der Waals surface area contributed by atoms with Gasteiger partial charge in [0.15, 0.2) is 16.4 Å². The highest BCUT2D eigenvalue weighted by Gasteiger charge is 2.42. The zero-order chi connectivity index (χ0) is 22.2. The zero-order valence-electron chi connectivity index (χ0n) is 16.7. The van der Waals surface area contributed by atoms with Crippen LogP contribution in [0.3, 0.4) is 0 Å². The predicted octanol–water partition coefficient (Wildman–Crippen LogP) is 1.62. The Balaban J connectivity index is 1.85. The average Bonchev–Trinajstić information content (AvgIpc) is 3.01. The van der Waals surface area contributed by atoms with Gasteiger partial charge in [-0.15, -0.1) is 0 Å². The number of rotatable bonds is 4. The molecule has 164 valence electrons. The second-order valence-corrected chi connectivity index (χ2v) is 9.09. The topological polar surface area (TPSA) is 128 Å². The summed E-state index contributed by atoms with van der Waals surface area (Å²) in [6.45, 7) is 0.516. The van der Waals surface area contributed by atoms with Crippen molar-refractivity contribution in [2.24, 2.45) is 0 Å². The smallest absolute Gasteiger partial charge is 0.293 e. The first-order valence-electron chi connectivity index (χ1n) is 9.71. The normalized spacial score (nSPS) is 18.5. The van der Waals surface area contributed by atoms with Gasteiger partial charge in [-0.3, -0.25) is 14.9 Å². The number of carbonyl (C=O) groups excluding carboxylic acids is 1. The third kappa shape index (κ3) is 3.81. The van der Waals surface area contributed by atoms with Gasteiger partial charge in [0.05, 0.1) is 24.2 Å². The van der Waals surface area contributed by atoms with Crippen molar-refractivity contribution in [2.75, 3.05) is 20.3 Å². The first-order chi connectivity index (χ1) is 14.8. The Labute approximate surface area is 179 Å². The molecule has 0 radical (unpaired) electrons. The summed E-state index contributed by atoms with van der Waals surface area (Å²) in [5.74, 6) is -0.249. The monoisotopic (exact) mass is 447 g/mol. The fraction of sp³-hybridized carbons (Fsp3) is 0.350. The van der Waals surface area contributed by atoms with Crippen LogP contribution in [0.2, 0.25) is 0 Å². The molecule has 1 unspecified atom stereocenters. The quantitative estimate of drug-likeness (QED) is 0.557. The number of nitro benzene ring substituents is 1. The van der Waals surface area contributed by atoms with E-state index in [0.29, 0.717) is 19.6 Å². The number of hydrogen-bond acceptors (Lipinski definition) is 7. The third-order valence-corrected chi connectivity index (χ3v) is 7.25. The molecule has 1 amide bonds. The highest BCUT2D eigenvalue weighted by atomic mass is 32.2. The number of nitro groups is 1. The van der Waals surface area contributed by atoms with Crippen molar-refractivity contribution in [2.45, 2.75) is 30.3 Å². The molecule has 10 nitrogen and oxygen atoms in total. The van der Waals surface area contributed by atoms with Crippen LogP contribution >= 0.6 is 0 Å². The number of likely N-dealkylation sites (N-methyl/N-ethyl adjacent to an activating group) is 1. The van der Waals surface area contributed by atoms with E-state index in [-0.39, 0.29) is 24.5 Å². The summed E-state index contributed by atoms with van der Waals surface area (Å²) < 4.78 is 39.4. The molecule has 0 spiro atoms. The highest BCUT2D eigenvalue weighted by molar-refractivity contribution is 7.89. The summed E-state index contributed by atoms with van der Waals surface area (Å²) in [6, 6.07) is 8.36. The maximum Gasteiger partial charge on any atom is 0.293 e. The van der Waals surface area contributed by atoms with Gasteiger partial charge in [-0.25, -0.2) is 8.42 Å². The second-order valence-electron chi connectivity index (χ2n) is 7.23. The molecule has 2 heterocycles. The van der Waals surface area contributed by atoms with Crippen LogP contribution < -0.4 is 14.8 Å². The molecular formula is C20H21N3O7S. The van der Waals surface area contributed by atoms with E-state index in [1.54, 1.807) is 12.1 Å². The lowest BCUT2D eigenvalue weighted by atomic mass is 9.95. The van der Waals surface area contributed by atoms with Crippen molar-refractivity contribution in [3.05, 3.63) is 57.6 Å². The number of hydrogen-bond donors (Lipinski definition) is 1. The van der Waals surface area contributed by atoms with Gasteiger partial charge >= 0.3 is 0 Å². The standard InChI is InChI=1S/C20H21N3O7S/c1-21-20(24)16-9-13-5-2-3-6-14(13)12-22(16)31(27,28)19-11-18-17(10-15(19)23(25)26)29-7-4-8-30-18/h2-3,5-6,10-11,16H,4,7-9,12H2,1H3,(H,21,24). The summed E-state index contributed by atoms with van der Waals surface area (Å²) in [7, 11) is -3.01. The summed E-state index contributed by atoms with van der Waals surface area (Å²) in [5.41, 5.74) is 0.970. The van der Waals surface area contributed by atoms with Crippen molar-refractivity contribution in [3.8, 4) is 11.5 Å². The third-order valence-electron chi connectivity index (χ3n) is 5.37. The van der Waals surface area contributed by atoms with E-state index in [1.807, 2.05) is 12.1 Å². The molecule has 2 aliphatic heterocycles. The van der Waals surface area contributed by atoms with Crippen molar-refractivity contribution in [1.29, 1.82) is 0 Å². The van der Waals surface area contributed by atoms with Crippen LogP contribution in [0.25, 0.3) is 0 Å². The molecule has 0 saturated heterocycles. The van der Waals surface area contributed by atoms with Gasteiger partial charge in [0.2, 0.25) is 5.91 Å². The van der Waals surface area contributed by atoms with Crippen LogP contribution in [-0.4, -0.2) is 49.9 Å². The molecular weight excluding hydrogens is 426 g/mol. The molecule has 4 rings (SSSR count). The van der Waals surface area contributed by atoms with Gasteiger partial charge in [-0.1, -0.05) is 24.3 Å². The van der Waals surface area contributed by atoms with Gasteiger partial charge in [-0.2, -0.15) is 4.31 Å². The Morgan fingerprint density at radius 1 is 1.16 bits per heavy atom. The molecule has 11 heteroatoms. The minimum Gasteiger partial charge on any atom is -0.490 e. The second kappa shape index (κ2) is 8.16. The summed E-state index contributed by atoms with van der Waals surface area (Å²) in [5, 5.41) is 14.2. The largest absolute Gasteiger partial charge is 0.490 e. The summed E-state index contributed by atoms with van der Waals surface area (Å²) >= 11 is 0. The minimum absolute atomic E-state index is 0.0812. The lowest BCUT2D eigenvalue weighted by Crippen LogP contribution is -2.51. The van der Waals surface area contributed by atoms with Gasteiger partial charge in [-0.05, 0) is 17.5 Å². The maximum atomic E-state index is 13.7. The number of ether oxygens (including phenoxy) is 2. The fourth-order valence-electron chi connectivity index (χ4n) is 3.80. The minimum atomic E-state index is -4.43. The molecule has 0 fully saturated rings. The molecule has 0 saturated carbocycles. The number of fused-ring (bicyclic) bond motifs is 2. The number of carbonyl (C=O) groups is 1. The molecule has 2 aliphatic rings. The summed E-state index contributed by atoms with van der Waals surface area (Å²) in [4.78, 5) is 23.0. The van der Waals surface area contributed by atoms with Gasteiger partial charge < -0.3 is 14.8 Å². The van der Waals surface area contributed by atoms with Gasteiger partial charge in [0.1, 0.15) is 6.04 Å². The molecule has 0 aliphatic carbocycles. The fourth-order valence-corrected chi connectivity index (χ4v) is 5.52. The number of amides is 1. The van der Waals surface area contributed by atoms with Crippen LogP contribution in [0.4, 0.5) is 5.69 Å². The SMILES string of the molecule is CNC(=O)C1Cc2ccccc2CN1S(=O)(=O)c1cc2c(cc1[N+](=O)[O-])OCCCO2. The Morgan fingerprint density at radius 3 is 2.45 bits per heavy atom. The van der Waals surface area contributed by atoms with Crippen LogP contribution in [0.5, 0.6) is 11.5 Å². The van der Waals surface area contributed by atoms with E-state index < -0.39 is 37.5 Å². The Kier molecular flexibility index (Phi) is 5.54. The molecule has 0 aromatic heterocycles. The lowest BCUT2D eigenvalue weighted by Gasteiger charge is -2.34. The first kappa shape index (κ1) is 21.1. The van der Waals surface area contributed by atoms with Crippen molar-refractivity contribution in [1.82, 2.24) is 9.62 Å². The summed E-state index contributed by atoms with van der Waals surface area (Å²) in [6.07, 6.45) is 0.722. The van der Waals surface area contributed by atoms with E-state index >= 15 is 0 Å². The van der Waals surface area contributed by atoms with Gasteiger partial charge in [0.25, 0.3) is 15.7 Å². The number of nitrogens with one attached hydrogen (secondary N) is 1. The number of benzene rings is 2. The van der Waals surface area contributed by atoms with E-state index in [4.69, 9.17) is 9.47 Å². The van der Waals surface area contributed by atoms with Crippen molar-refractivity contribution in [3.63, 3.8) is 0 Å². The van der Waals surface area contributed by atoms with E-state index in [1.165, 1.54) is 7.05 Å². The van der Waals surface area contributed by atoms with E-state index in [9.17, 15) is 23.3 Å². The zero-order valence-corrected chi connectivity index (χ0v) is 17.6. The molecule has 0 bridgehead atoms. The lowest BCUT2D eigenvalue weighted by molar-refractivity contribution is -0.388. The molecule has 2 aromatic rings. The van der Waals surface area contributed by atoms with Crippen molar-refractivity contribution < 1.29 is 27.6 Å². The highest BCUT2D eigenvalue weighted by Crippen LogP contribution is 2.40. The Morgan fingerprint density at radius 2 is 1.81 bits per heavy atom. The number of nitrogens with zero attached hydrogens (tertiary/aromatic N) is 2. The van der Waals surface area contributed by atoms with Crippen LogP contribution in [0, 0.1) is 10.1 Å². The molecule has 1 N–H and O–H groups in total.